The first-order chi connectivity index (χ1) is 14.5. The van der Waals surface area contributed by atoms with Crippen LogP contribution in [0.1, 0.15) is 42.1 Å². The van der Waals surface area contributed by atoms with Crippen LogP contribution in [0.3, 0.4) is 0 Å². The first kappa shape index (κ1) is 19.5. The minimum Gasteiger partial charge on any atom is -0.382 e. The SMILES string of the molecule is C=CC12CC[N+](Cc3ccc(C)cc3)(CC1)C([C@@H](O)c1ccnc3ccccc13)C2. The Morgan fingerprint density at radius 3 is 2.60 bits per heavy atom. The van der Waals surface area contributed by atoms with Gasteiger partial charge in [-0.2, -0.15) is 0 Å². The molecule has 3 aliphatic heterocycles. The number of hydrogen-bond acceptors (Lipinski definition) is 2. The van der Waals surface area contributed by atoms with Crippen LogP contribution in [0.15, 0.2) is 73.4 Å². The Morgan fingerprint density at radius 1 is 1.13 bits per heavy atom. The second-order valence-electron chi connectivity index (χ2n) is 9.51. The fourth-order valence-electron chi connectivity index (χ4n) is 5.89. The lowest BCUT2D eigenvalue weighted by molar-refractivity contribution is -0.983. The van der Waals surface area contributed by atoms with Gasteiger partial charge in [0.25, 0.3) is 0 Å². The van der Waals surface area contributed by atoms with E-state index in [2.05, 4.69) is 54.9 Å². The number of aliphatic hydroxyl groups is 1. The molecule has 2 aromatic carbocycles. The van der Waals surface area contributed by atoms with Gasteiger partial charge < -0.3 is 9.59 Å². The highest BCUT2D eigenvalue weighted by molar-refractivity contribution is 5.82. The molecule has 3 aromatic rings. The Hall–Kier alpha value is -2.49. The van der Waals surface area contributed by atoms with Crippen LogP contribution in [0.2, 0.25) is 0 Å². The molecule has 1 unspecified atom stereocenters. The molecule has 6 rings (SSSR count). The van der Waals surface area contributed by atoms with Gasteiger partial charge in [-0.1, -0.05) is 54.1 Å². The van der Waals surface area contributed by atoms with E-state index in [0.29, 0.717) is 0 Å². The summed E-state index contributed by atoms with van der Waals surface area (Å²) in [5.41, 5.74) is 4.79. The van der Waals surface area contributed by atoms with Crippen molar-refractivity contribution in [1.29, 1.82) is 0 Å². The summed E-state index contributed by atoms with van der Waals surface area (Å²) < 4.78 is 0.969. The summed E-state index contributed by atoms with van der Waals surface area (Å²) in [5, 5.41) is 12.9. The third-order valence-electron chi connectivity index (χ3n) is 7.85. The average molecular weight is 400 g/mol. The molecule has 1 aromatic heterocycles. The van der Waals surface area contributed by atoms with Crippen LogP contribution in [0.5, 0.6) is 0 Å². The molecule has 0 amide bonds. The molecule has 2 atom stereocenters. The molecule has 3 fully saturated rings. The van der Waals surface area contributed by atoms with Crippen LogP contribution in [0, 0.1) is 12.3 Å². The lowest BCUT2D eigenvalue weighted by Crippen LogP contribution is -2.67. The fraction of sp³-hybridized carbons (Fsp3) is 0.370. The lowest BCUT2D eigenvalue weighted by atomic mass is 9.65. The summed E-state index contributed by atoms with van der Waals surface area (Å²) in [5.74, 6) is 0. The van der Waals surface area contributed by atoms with Gasteiger partial charge in [0.2, 0.25) is 0 Å². The predicted octanol–water partition coefficient (Wildman–Crippen LogP) is 5.33. The van der Waals surface area contributed by atoms with Gasteiger partial charge in [-0.3, -0.25) is 4.98 Å². The summed E-state index contributed by atoms with van der Waals surface area (Å²) in [7, 11) is 0. The van der Waals surface area contributed by atoms with Gasteiger partial charge >= 0.3 is 0 Å². The normalized spacial score (nSPS) is 29.1. The Kier molecular flexibility index (Phi) is 4.76. The average Bonchev–Trinajstić information content (AvgIpc) is 2.80. The molecule has 3 heteroatoms. The van der Waals surface area contributed by atoms with E-state index in [0.717, 1.165) is 47.0 Å². The number of hydrogen-bond donors (Lipinski definition) is 1. The standard InChI is InChI=1S/C27H31N2O/c1-3-27-13-16-29(17-14-27,19-21-10-8-20(2)9-11-21)25(18-27)26(30)23-12-15-28-24-7-5-4-6-22(23)24/h3-12,15,25-26,30H,1,13-14,16-19H2,2H3/q+1/t25?,26-,27?,29?/m0/s1. The number of rotatable bonds is 5. The highest BCUT2D eigenvalue weighted by Gasteiger charge is 2.56. The molecule has 30 heavy (non-hydrogen) atoms. The van der Waals surface area contributed by atoms with E-state index in [1.54, 1.807) is 0 Å². The van der Waals surface area contributed by atoms with Gasteiger partial charge in [0.05, 0.1) is 18.6 Å². The Bertz CT molecular complexity index is 1060. The van der Waals surface area contributed by atoms with Crippen LogP contribution < -0.4 is 0 Å². The zero-order chi connectivity index (χ0) is 20.8. The van der Waals surface area contributed by atoms with E-state index in [1.165, 1.54) is 24.0 Å². The van der Waals surface area contributed by atoms with E-state index in [1.807, 2.05) is 30.5 Å². The Morgan fingerprint density at radius 2 is 1.87 bits per heavy atom. The molecular weight excluding hydrogens is 368 g/mol. The molecule has 2 bridgehead atoms. The topological polar surface area (TPSA) is 33.1 Å². The summed E-state index contributed by atoms with van der Waals surface area (Å²) >= 11 is 0. The third kappa shape index (κ3) is 3.17. The second kappa shape index (κ2) is 7.33. The number of aliphatic hydroxyl groups excluding tert-OH is 1. The van der Waals surface area contributed by atoms with Gasteiger partial charge in [-0.15, -0.1) is 6.58 Å². The largest absolute Gasteiger partial charge is 0.382 e. The number of nitrogens with zero attached hydrogens (tertiary/aromatic N) is 2. The van der Waals surface area contributed by atoms with Crippen LogP contribution in [0.4, 0.5) is 0 Å². The van der Waals surface area contributed by atoms with E-state index >= 15 is 0 Å². The van der Waals surface area contributed by atoms with Crippen LogP contribution in [-0.4, -0.2) is 33.7 Å². The molecule has 0 radical (unpaired) electrons. The quantitative estimate of drug-likeness (QED) is 0.464. The molecular formula is C27H31N2O+. The van der Waals surface area contributed by atoms with Crippen molar-refractivity contribution in [3.63, 3.8) is 0 Å². The summed E-state index contributed by atoms with van der Waals surface area (Å²) in [4.78, 5) is 4.51. The van der Waals surface area contributed by atoms with Gasteiger partial charge in [-0.05, 0) is 24.6 Å². The number of aromatic nitrogens is 1. The summed E-state index contributed by atoms with van der Waals surface area (Å²) in [6.07, 6.45) is 6.84. The first-order valence-corrected chi connectivity index (χ1v) is 11.1. The van der Waals surface area contributed by atoms with Gasteiger partial charge in [0, 0.05) is 41.8 Å². The van der Waals surface area contributed by atoms with Crippen molar-refractivity contribution in [2.45, 2.75) is 44.9 Å². The fourth-order valence-corrected chi connectivity index (χ4v) is 5.89. The highest BCUT2D eigenvalue weighted by Crippen LogP contribution is 2.52. The zero-order valence-electron chi connectivity index (χ0n) is 17.8. The summed E-state index contributed by atoms with van der Waals surface area (Å²) in [6, 6.07) is 19.3. The zero-order valence-corrected chi connectivity index (χ0v) is 17.8. The van der Waals surface area contributed by atoms with Gasteiger partial charge in [0.1, 0.15) is 18.7 Å². The van der Waals surface area contributed by atoms with Crippen LogP contribution >= 0.6 is 0 Å². The first-order valence-electron chi connectivity index (χ1n) is 11.1. The van der Waals surface area contributed by atoms with Crippen molar-refractivity contribution < 1.29 is 9.59 Å². The molecule has 3 nitrogen and oxygen atoms in total. The maximum Gasteiger partial charge on any atom is 0.131 e. The molecule has 154 valence electrons. The van der Waals surface area contributed by atoms with Crippen LogP contribution in [0.25, 0.3) is 10.9 Å². The van der Waals surface area contributed by atoms with Gasteiger partial charge in [0.15, 0.2) is 0 Å². The van der Waals surface area contributed by atoms with E-state index in [9.17, 15) is 5.11 Å². The van der Waals surface area contributed by atoms with Crippen molar-refractivity contribution in [1.82, 2.24) is 4.98 Å². The molecule has 3 aliphatic rings. The number of aryl methyl sites for hydroxylation is 1. The molecule has 0 saturated carbocycles. The van der Waals surface area contributed by atoms with Gasteiger partial charge in [-0.25, -0.2) is 0 Å². The number of quaternary nitrogens is 1. The second-order valence-corrected chi connectivity index (χ2v) is 9.51. The number of benzene rings is 2. The van der Waals surface area contributed by atoms with E-state index in [-0.39, 0.29) is 11.5 Å². The number of para-hydroxylation sites is 1. The van der Waals surface area contributed by atoms with Crippen LogP contribution in [-0.2, 0) is 6.54 Å². The monoisotopic (exact) mass is 399 g/mol. The summed E-state index contributed by atoms with van der Waals surface area (Å²) in [6.45, 7) is 9.51. The molecule has 0 aliphatic carbocycles. The smallest absolute Gasteiger partial charge is 0.131 e. The maximum absolute atomic E-state index is 11.8. The van der Waals surface area contributed by atoms with E-state index < -0.39 is 6.10 Å². The molecule has 0 spiro atoms. The van der Waals surface area contributed by atoms with Crippen molar-refractivity contribution in [3.05, 3.63) is 90.1 Å². The number of fused-ring (bicyclic) bond motifs is 4. The maximum atomic E-state index is 11.8. The Balaban J connectivity index is 1.56. The molecule has 3 saturated heterocycles. The van der Waals surface area contributed by atoms with Crippen molar-refractivity contribution >= 4 is 10.9 Å². The Labute approximate surface area is 179 Å². The van der Waals surface area contributed by atoms with E-state index in [4.69, 9.17) is 0 Å². The van der Waals surface area contributed by atoms with Crippen molar-refractivity contribution in [2.75, 3.05) is 13.1 Å². The third-order valence-corrected chi connectivity index (χ3v) is 7.85. The highest BCUT2D eigenvalue weighted by atomic mass is 16.3. The van der Waals surface area contributed by atoms with Crippen molar-refractivity contribution in [3.8, 4) is 0 Å². The molecule has 1 N–H and O–H groups in total. The minimum atomic E-state index is -0.511. The predicted molar refractivity (Wildman–Crippen MR) is 122 cm³/mol. The lowest BCUT2D eigenvalue weighted by Gasteiger charge is -2.59. The number of allylic oxidation sites excluding steroid dienone is 1. The molecule has 4 heterocycles. The van der Waals surface area contributed by atoms with Crippen molar-refractivity contribution in [2.24, 2.45) is 5.41 Å². The minimum absolute atomic E-state index is 0.164. The number of pyridine rings is 1. The number of piperidine rings is 3.